The Bertz CT molecular complexity index is 245. The first-order valence-electron chi connectivity index (χ1n) is 5.38. The number of ether oxygens (including phenoxy) is 1. The fraction of sp³-hybridized carbons (Fsp3) is 0.800. The molecule has 1 atom stereocenters. The first-order valence-corrected chi connectivity index (χ1v) is 5.38. The second-order valence-electron chi connectivity index (χ2n) is 4.32. The van der Waals surface area contributed by atoms with E-state index in [1.54, 1.807) is 7.11 Å². The van der Waals surface area contributed by atoms with Crippen molar-refractivity contribution < 1.29 is 4.74 Å². The van der Waals surface area contributed by atoms with Gasteiger partial charge in [-0.2, -0.15) is 0 Å². The summed E-state index contributed by atoms with van der Waals surface area (Å²) >= 11 is 0. The number of nitrogens with zero attached hydrogens (tertiary/aromatic N) is 3. The lowest BCUT2D eigenvalue weighted by Crippen LogP contribution is -2.50. The van der Waals surface area contributed by atoms with Gasteiger partial charge in [0, 0.05) is 47.0 Å². The Balaban J connectivity index is 2.49. The van der Waals surface area contributed by atoms with Crippen molar-refractivity contribution in [3.05, 3.63) is 12.0 Å². The van der Waals surface area contributed by atoms with Crippen LogP contribution >= 0.6 is 0 Å². The molecule has 0 bridgehead atoms. The van der Waals surface area contributed by atoms with Gasteiger partial charge in [-0.1, -0.05) is 0 Å². The number of methoxy groups -OCH3 is 1. The van der Waals surface area contributed by atoms with Gasteiger partial charge in [0.15, 0.2) is 0 Å². The molecule has 6 heteroatoms. The quantitative estimate of drug-likeness (QED) is 0.633. The number of hydrogen-bond acceptors (Lipinski definition) is 6. The zero-order chi connectivity index (χ0) is 12.1. The molecule has 0 aromatic rings. The summed E-state index contributed by atoms with van der Waals surface area (Å²) in [6.45, 7) is 2.19. The standard InChI is InChI=1S/C10H23N5O/c1-13-6-10(12-15(3)8-13)14(2)5-9(11)7-16-4/h6,9,12H,5,7-8,11H2,1-4H3. The van der Waals surface area contributed by atoms with E-state index >= 15 is 0 Å². The van der Waals surface area contributed by atoms with Crippen molar-refractivity contribution in [2.24, 2.45) is 5.73 Å². The van der Waals surface area contributed by atoms with E-state index in [4.69, 9.17) is 10.5 Å². The number of hydrazine groups is 1. The van der Waals surface area contributed by atoms with Gasteiger partial charge in [0.05, 0.1) is 13.3 Å². The van der Waals surface area contributed by atoms with E-state index in [9.17, 15) is 0 Å². The molecule has 1 unspecified atom stereocenters. The molecule has 0 saturated heterocycles. The first kappa shape index (κ1) is 13.1. The lowest BCUT2D eigenvalue weighted by Gasteiger charge is -2.36. The summed E-state index contributed by atoms with van der Waals surface area (Å²) in [4.78, 5) is 4.21. The van der Waals surface area contributed by atoms with Crippen LogP contribution in [0.1, 0.15) is 0 Å². The molecule has 0 spiro atoms. The predicted molar refractivity (Wildman–Crippen MR) is 64.1 cm³/mol. The molecule has 6 nitrogen and oxygen atoms in total. The molecular weight excluding hydrogens is 206 g/mol. The van der Waals surface area contributed by atoms with Crippen LogP contribution in [0.2, 0.25) is 0 Å². The number of nitrogens with two attached hydrogens (primary N) is 1. The second-order valence-corrected chi connectivity index (χ2v) is 4.32. The van der Waals surface area contributed by atoms with Gasteiger partial charge in [-0.15, -0.1) is 0 Å². The minimum Gasteiger partial charge on any atom is -0.383 e. The maximum absolute atomic E-state index is 5.91. The highest BCUT2D eigenvalue weighted by Gasteiger charge is 2.15. The van der Waals surface area contributed by atoms with Gasteiger partial charge < -0.3 is 25.7 Å². The van der Waals surface area contributed by atoms with Crippen molar-refractivity contribution in [3.63, 3.8) is 0 Å². The zero-order valence-electron chi connectivity index (χ0n) is 10.6. The van der Waals surface area contributed by atoms with E-state index in [0.29, 0.717) is 6.61 Å². The Hall–Kier alpha value is -0.980. The topological polar surface area (TPSA) is 57.0 Å². The number of nitrogens with one attached hydrogen (secondary N) is 1. The molecule has 0 aromatic heterocycles. The molecule has 0 saturated carbocycles. The third-order valence-electron chi connectivity index (χ3n) is 2.38. The van der Waals surface area contributed by atoms with Crippen LogP contribution in [0.4, 0.5) is 0 Å². The molecular formula is C10H23N5O. The molecule has 1 aliphatic rings. The fourth-order valence-corrected chi connectivity index (χ4v) is 1.74. The second kappa shape index (κ2) is 5.93. The Morgan fingerprint density at radius 1 is 1.62 bits per heavy atom. The molecule has 1 rings (SSSR count). The Morgan fingerprint density at radius 3 is 2.88 bits per heavy atom. The monoisotopic (exact) mass is 229 g/mol. The first-order chi connectivity index (χ1) is 7.52. The van der Waals surface area contributed by atoms with E-state index < -0.39 is 0 Å². The number of rotatable bonds is 5. The summed E-state index contributed by atoms with van der Waals surface area (Å²) in [7, 11) is 7.73. The zero-order valence-corrected chi connectivity index (χ0v) is 10.6. The maximum atomic E-state index is 5.91. The van der Waals surface area contributed by atoms with Gasteiger partial charge in [0.2, 0.25) is 0 Å². The van der Waals surface area contributed by atoms with Gasteiger partial charge in [-0.3, -0.25) is 0 Å². The van der Waals surface area contributed by atoms with Gasteiger partial charge in [0.1, 0.15) is 5.82 Å². The summed E-state index contributed by atoms with van der Waals surface area (Å²) in [5.41, 5.74) is 9.19. The van der Waals surface area contributed by atoms with Crippen LogP contribution in [0.5, 0.6) is 0 Å². The molecule has 1 heterocycles. The molecule has 0 fully saturated rings. The highest BCUT2D eigenvalue weighted by Crippen LogP contribution is 2.06. The summed E-state index contributed by atoms with van der Waals surface area (Å²) in [5.74, 6) is 1.04. The van der Waals surface area contributed by atoms with Crippen LogP contribution < -0.4 is 11.2 Å². The third kappa shape index (κ3) is 3.88. The van der Waals surface area contributed by atoms with Crippen LogP contribution in [-0.4, -0.2) is 68.9 Å². The lowest BCUT2D eigenvalue weighted by molar-refractivity contribution is 0.117. The minimum absolute atomic E-state index is 0.0234. The number of hydrogen-bond donors (Lipinski definition) is 2. The van der Waals surface area contributed by atoms with Crippen LogP contribution in [0.15, 0.2) is 12.0 Å². The van der Waals surface area contributed by atoms with Crippen molar-refractivity contribution in [2.75, 3.05) is 48.1 Å². The summed E-state index contributed by atoms with van der Waals surface area (Å²) in [6.07, 6.45) is 2.07. The number of likely N-dealkylation sites (N-methyl/N-ethyl adjacent to an activating group) is 1. The molecule has 3 N–H and O–H groups in total. The Labute approximate surface area is 97.6 Å². The highest BCUT2D eigenvalue weighted by molar-refractivity contribution is 4.99. The van der Waals surface area contributed by atoms with E-state index in [0.717, 1.165) is 19.0 Å². The molecule has 0 amide bonds. The minimum atomic E-state index is 0.0234. The van der Waals surface area contributed by atoms with Crippen molar-refractivity contribution >= 4 is 0 Å². The molecule has 1 aliphatic heterocycles. The van der Waals surface area contributed by atoms with E-state index in [2.05, 4.69) is 21.4 Å². The van der Waals surface area contributed by atoms with Gasteiger partial charge >= 0.3 is 0 Å². The summed E-state index contributed by atoms with van der Waals surface area (Å²) < 4.78 is 5.02. The van der Waals surface area contributed by atoms with E-state index in [1.807, 2.05) is 26.2 Å². The normalized spacial score (nSPS) is 19.1. The molecule has 0 radical (unpaired) electrons. The van der Waals surface area contributed by atoms with Crippen molar-refractivity contribution in [1.82, 2.24) is 20.2 Å². The maximum Gasteiger partial charge on any atom is 0.132 e. The largest absolute Gasteiger partial charge is 0.383 e. The summed E-state index contributed by atoms with van der Waals surface area (Å²) in [6, 6.07) is 0.0234. The van der Waals surface area contributed by atoms with Gasteiger partial charge in [-0.25, -0.2) is 5.01 Å². The highest BCUT2D eigenvalue weighted by atomic mass is 16.5. The predicted octanol–water partition coefficient (Wildman–Crippen LogP) is -0.970. The average Bonchev–Trinajstić information content (AvgIpc) is 2.16. The van der Waals surface area contributed by atoms with E-state index in [1.165, 1.54) is 0 Å². The lowest BCUT2D eigenvalue weighted by atomic mass is 10.3. The average molecular weight is 229 g/mol. The van der Waals surface area contributed by atoms with Crippen LogP contribution in [-0.2, 0) is 4.74 Å². The van der Waals surface area contributed by atoms with Crippen LogP contribution in [0, 0.1) is 0 Å². The van der Waals surface area contributed by atoms with Crippen molar-refractivity contribution in [3.8, 4) is 0 Å². The van der Waals surface area contributed by atoms with Crippen molar-refractivity contribution in [2.45, 2.75) is 6.04 Å². The van der Waals surface area contributed by atoms with Gasteiger partial charge in [-0.05, 0) is 0 Å². The third-order valence-corrected chi connectivity index (χ3v) is 2.38. The molecule has 0 aromatic carbocycles. The summed E-state index contributed by atoms with van der Waals surface area (Å²) in [5, 5.41) is 2.02. The molecule has 0 aliphatic carbocycles. The molecule has 16 heavy (non-hydrogen) atoms. The Morgan fingerprint density at radius 2 is 2.31 bits per heavy atom. The smallest absolute Gasteiger partial charge is 0.132 e. The van der Waals surface area contributed by atoms with Crippen molar-refractivity contribution in [1.29, 1.82) is 0 Å². The van der Waals surface area contributed by atoms with E-state index in [-0.39, 0.29) is 6.04 Å². The fourth-order valence-electron chi connectivity index (χ4n) is 1.74. The molecule has 94 valence electrons. The van der Waals surface area contributed by atoms with Crippen LogP contribution in [0.3, 0.4) is 0 Å². The SMILES string of the molecule is COCC(N)CN(C)C1=CN(C)CN(C)N1. The van der Waals surface area contributed by atoms with Gasteiger partial charge in [0.25, 0.3) is 0 Å². The van der Waals surface area contributed by atoms with Crippen LogP contribution in [0.25, 0.3) is 0 Å². The Kier molecular flexibility index (Phi) is 4.85.